The number of carbonyl (C=O) groups excluding carboxylic acids is 2. The molecule has 0 saturated carbocycles. The van der Waals surface area contributed by atoms with Crippen molar-refractivity contribution >= 4 is 11.8 Å². The molecule has 88 valence electrons. The van der Waals surface area contributed by atoms with E-state index in [-0.39, 0.29) is 12.2 Å². The number of methoxy groups -OCH3 is 1. The molecule has 5 heteroatoms. The van der Waals surface area contributed by atoms with Crippen molar-refractivity contribution < 1.29 is 23.8 Å². The first-order valence-corrected chi connectivity index (χ1v) is 4.87. The Hall–Kier alpha value is -1.62. The minimum absolute atomic E-state index is 0.129. The van der Waals surface area contributed by atoms with E-state index in [0.717, 1.165) is 0 Å². The average Bonchev–Trinajstić information content (AvgIpc) is 2.80. The number of hydrogen-bond acceptors (Lipinski definition) is 5. The van der Waals surface area contributed by atoms with Crippen molar-refractivity contribution in [2.45, 2.75) is 19.4 Å². The lowest BCUT2D eigenvalue weighted by atomic mass is 9.99. The summed E-state index contributed by atoms with van der Waals surface area (Å²) in [5.41, 5.74) is 0.519. The summed E-state index contributed by atoms with van der Waals surface area (Å²) in [5, 5.41) is 9.65. The van der Waals surface area contributed by atoms with Gasteiger partial charge in [0.2, 0.25) is 0 Å². The van der Waals surface area contributed by atoms with Crippen molar-refractivity contribution in [1.29, 1.82) is 0 Å². The lowest BCUT2D eigenvalue weighted by molar-refractivity contribution is -0.149. The average molecular weight is 226 g/mol. The van der Waals surface area contributed by atoms with Crippen LogP contribution in [0, 0.1) is 5.92 Å². The maximum Gasteiger partial charge on any atom is 0.315 e. The molecule has 0 saturated heterocycles. The molecule has 0 radical (unpaired) electrons. The van der Waals surface area contributed by atoms with Gasteiger partial charge in [0.15, 0.2) is 0 Å². The highest BCUT2D eigenvalue weighted by molar-refractivity contribution is 5.98. The van der Waals surface area contributed by atoms with Crippen LogP contribution in [0.15, 0.2) is 23.0 Å². The van der Waals surface area contributed by atoms with E-state index < -0.39 is 18.0 Å². The second kappa shape index (κ2) is 5.46. The molecule has 1 aromatic rings. The third kappa shape index (κ3) is 2.93. The Bertz CT molecular complexity index is 354. The topological polar surface area (TPSA) is 76.7 Å². The Morgan fingerprint density at radius 3 is 2.75 bits per heavy atom. The minimum Gasteiger partial charge on any atom is -0.472 e. The van der Waals surface area contributed by atoms with E-state index >= 15 is 0 Å². The molecular weight excluding hydrogens is 212 g/mol. The van der Waals surface area contributed by atoms with E-state index in [1.165, 1.54) is 26.6 Å². The summed E-state index contributed by atoms with van der Waals surface area (Å²) in [6.07, 6.45) is 1.70. The van der Waals surface area contributed by atoms with Crippen molar-refractivity contribution in [3.8, 4) is 0 Å². The molecule has 1 aromatic heterocycles. The maximum atomic E-state index is 11.6. The predicted octanol–water partition coefficient (Wildman–Crippen LogP) is 1.08. The highest BCUT2D eigenvalue weighted by atomic mass is 16.5. The molecule has 16 heavy (non-hydrogen) atoms. The van der Waals surface area contributed by atoms with Crippen LogP contribution in [0.1, 0.15) is 25.0 Å². The number of aliphatic hydroxyl groups is 1. The van der Waals surface area contributed by atoms with Gasteiger partial charge in [-0.3, -0.25) is 9.59 Å². The highest BCUT2D eigenvalue weighted by Crippen LogP contribution is 2.19. The molecule has 0 aliphatic rings. The number of rotatable bonds is 5. The largest absolute Gasteiger partial charge is 0.472 e. The fourth-order valence-corrected chi connectivity index (χ4v) is 1.26. The fourth-order valence-electron chi connectivity index (χ4n) is 1.26. The molecule has 0 aromatic carbocycles. The van der Waals surface area contributed by atoms with Crippen molar-refractivity contribution in [1.82, 2.24) is 0 Å². The Balaban J connectivity index is 2.55. The first-order chi connectivity index (χ1) is 7.56. The summed E-state index contributed by atoms with van der Waals surface area (Å²) in [6.45, 7) is 1.45. The van der Waals surface area contributed by atoms with Gasteiger partial charge >= 0.3 is 5.97 Å². The number of hydrogen-bond donors (Lipinski definition) is 1. The van der Waals surface area contributed by atoms with Crippen LogP contribution in [0.3, 0.4) is 0 Å². The van der Waals surface area contributed by atoms with Crippen molar-refractivity contribution in [3.05, 3.63) is 24.2 Å². The van der Waals surface area contributed by atoms with Gasteiger partial charge in [-0.15, -0.1) is 0 Å². The first kappa shape index (κ1) is 12.4. The van der Waals surface area contributed by atoms with Crippen LogP contribution in [-0.2, 0) is 14.3 Å². The molecule has 0 aliphatic heterocycles. The zero-order valence-electron chi connectivity index (χ0n) is 9.17. The molecule has 1 N–H and O–H groups in total. The SMILES string of the molecule is COC(=O)C(C)C(=O)CC(O)c1ccoc1. The standard InChI is InChI=1S/C11H14O5/c1-7(11(14)15-2)9(12)5-10(13)8-3-4-16-6-8/h3-4,6-7,10,13H,5H2,1-2H3. The van der Waals surface area contributed by atoms with Crippen LogP contribution < -0.4 is 0 Å². The summed E-state index contributed by atoms with van der Waals surface area (Å²) in [7, 11) is 1.22. The summed E-state index contributed by atoms with van der Waals surface area (Å²) >= 11 is 0. The van der Waals surface area contributed by atoms with Crippen molar-refractivity contribution in [2.24, 2.45) is 5.92 Å². The smallest absolute Gasteiger partial charge is 0.315 e. The van der Waals surface area contributed by atoms with Gasteiger partial charge in [0.25, 0.3) is 0 Å². The van der Waals surface area contributed by atoms with Crippen LogP contribution in [0.25, 0.3) is 0 Å². The van der Waals surface area contributed by atoms with Crippen LogP contribution in [0.5, 0.6) is 0 Å². The molecule has 0 aliphatic carbocycles. The number of carbonyl (C=O) groups is 2. The second-order valence-corrected chi connectivity index (χ2v) is 3.49. The van der Waals surface area contributed by atoms with Gasteiger partial charge in [-0.25, -0.2) is 0 Å². The summed E-state index contributed by atoms with van der Waals surface area (Å²) in [5.74, 6) is -1.81. The maximum absolute atomic E-state index is 11.6. The molecule has 2 atom stereocenters. The molecular formula is C11H14O5. The second-order valence-electron chi connectivity index (χ2n) is 3.49. The van der Waals surface area contributed by atoms with E-state index in [1.54, 1.807) is 6.07 Å². The Kier molecular flexibility index (Phi) is 4.25. The van der Waals surface area contributed by atoms with Crippen LogP contribution in [-0.4, -0.2) is 24.0 Å². The lowest BCUT2D eigenvalue weighted by Gasteiger charge is -2.11. The monoisotopic (exact) mass is 226 g/mol. The van der Waals surface area contributed by atoms with Crippen molar-refractivity contribution in [2.75, 3.05) is 7.11 Å². The molecule has 1 rings (SSSR count). The molecule has 5 nitrogen and oxygen atoms in total. The first-order valence-electron chi connectivity index (χ1n) is 4.87. The van der Waals surface area contributed by atoms with E-state index in [1.807, 2.05) is 0 Å². The minimum atomic E-state index is -0.946. The Morgan fingerprint density at radius 1 is 1.56 bits per heavy atom. The number of furan rings is 1. The van der Waals surface area contributed by atoms with Gasteiger partial charge in [0.1, 0.15) is 11.7 Å². The number of ketones is 1. The van der Waals surface area contributed by atoms with Gasteiger partial charge < -0.3 is 14.3 Å². The third-order valence-electron chi connectivity index (χ3n) is 2.36. The number of ether oxygens (including phenoxy) is 1. The molecule has 0 bridgehead atoms. The summed E-state index contributed by atoms with van der Waals surface area (Å²) < 4.78 is 9.23. The normalized spacial score (nSPS) is 14.2. The van der Waals surface area contributed by atoms with E-state index in [4.69, 9.17) is 4.42 Å². The van der Waals surface area contributed by atoms with Crippen LogP contribution >= 0.6 is 0 Å². The quantitative estimate of drug-likeness (QED) is 0.600. The van der Waals surface area contributed by atoms with E-state index in [2.05, 4.69) is 4.74 Å². The predicted molar refractivity (Wildman–Crippen MR) is 54.5 cm³/mol. The Morgan fingerprint density at radius 2 is 2.25 bits per heavy atom. The van der Waals surface area contributed by atoms with Crippen LogP contribution in [0.4, 0.5) is 0 Å². The van der Waals surface area contributed by atoms with E-state index in [9.17, 15) is 14.7 Å². The zero-order chi connectivity index (χ0) is 12.1. The lowest BCUT2D eigenvalue weighted by Crippen LogP contribution is -2.23. The molecule has 0 spiro atoms. The summed E-state index contributed by atoms with van der Waals surface area (Å²) in [4.78, 5) is 22.6. The molecule has 2 unspecified atom stereocenters. The molecule has 0 amide bonds. The van der Waals surface area contributed by atoms with Crippen LogP contribution in [0.2, 0.25) is 0 Å². The number of Topliss-reactive ketones (excluding diaryl/α,β-unsaturated/α-hetero) is 1. The highest BCUT2D eigenvalue weighted by Gasteiger charge is 2.24. The van der Waals surface area contributed by atoms with Gasteiger partial charge in [0, 0.05) is 12.0 Å². The van der Waals surface area contributed by atoms with Crippen molar-refractivity contribution in [3.63, 3.8) is 0 Å². The Labute approximate surface area is 93.0 Å². The number of aliphatic hydroxyl groups excluding tert-OH is 1. The van der Waals surface area contributed by atoms with Gasteiger partial charge in [-0.2, -0.15) is 0 Å². The van der Waals surface area contributed by atoms with Gasteiger partial charge in [0.05, 0.1) is 25.7 Å². The molecule has 0 fully saturated rings. The van der Waals surface area contributed by atoms with Gasteiger partial charge in [-0.1, -0.05) is 0 Å². The number of esters is 1. The zero-order valence-corrected chi connectivity index (χ0v) is 9.17. The van der Waals surface area contributed by atoms with E-state index in [0.29, 0.717) is 5.56 Å². The summed E-state index contributed by atoms with van der Waals surface area (Å²) in [6, 6.07) is 1.57. The van der Waals surface area contributed by atoms with Gasteiger partial charge in [-0.05, 0) is 13.0 Å². The third-order valence-corrected chi connectivity index (χ3v) is 2.36. The fraction of sp³-hybridized carbons (Fsp3) is 0.455. The molecule has 1 heterocycles.